The van der Waals surface area contributed by atoms with E-state index < -0.39 is 26.0 Å². The number of urea groups is 1. The van der Waals surface area contributed by atoms with Crippen molar-refractivity contribution in [2.45, 2.75) is 147 Å². The molecule has 11 heteroatoms. The number of amides is 2. The molecular formula is C30H60BN2O7P. The van der Waals surface area contributed by atoms with Crippen molar-refractivity contribution in [3.05, 3.63) is 0 Å². The number of hydrogen-bond donors (Lipinski definition) is 3. The zero-order valence-electron chi connectivity index (χ0n) is 26.3. The number of carbonyl (C=O) groups is 1. The number of phosphoric ester groups is 1. The van der Waals surface area contributed by atoms with Gasteiger partial charge in [-0.3, -0.25) is 9.05 Å². The summed E-state index contributed by atoms with van der Waals surface area (Å²) in [7, 11) is 4.65. The van der Waals surface area contributed by atoms with Crippen LogP contribution in [0.5, 0.6) is 0 Å². The molecule has 2 unspecified atom stereocenters. The van der Waals surface area contributed by atoms with Crippen LogP contribution in [0.25, 0.3) is 0 Å². The summed E-state index contributed by atoms with van der Waals surface area (Å²) in [4.78, 5) is 21.8. The molecule has 1 fully saturated rings. The molecule has 0 bridgehead atoms. The van der Waals surface area contributed by atoms with Crippen LogP contribution in [0.15, 0.2) is 0 Å². The van der Waals surface area contributed by atoms with E-state index in [2.05, 4.69) is 22.1 Å². The minimum Gasteiger partial charge on any atom is -0.382 e. The fraction of sp³-hybridized carbons (Fsp3) is 0.967. The number of nitrogens with one attached hydrogen (secondary N) is 2. The molecule has 2 radical (unpaired) electrons. The van der Waals surface area contributed by atoms with E-state index in [9.17, 15) is 14.3 Å². The quantitative estimate of drug-likeness (QED) is 0.0527. The Hall–Kier alpha value is -0.635. The lowest BCUT2D eigenvalue weighted by atomic mass is 9.81. The summed E-state index contributed by atoms with van der Waals surface area (Å²) >= 11 is 0. The van der Waals surface area contributed by atoms with Gasteiger partial charge in [0.1, 0.15) is 20.1 Å². The molecule has 0 aliphatic carbocycles. The molecule has 1 aliphatic rings. The van der Waals surface area contributed by atoms with Gasteiger partial charge in [0.15, 0.2) is 0 Å². The van der Waals surface area contributed by atoms with Gasteiger partial charge in [-0.05, 0) is 19.3 Å². The molecule has 1 saturated heterocycles. The predicted molar refractivity (Wildman–Crippen MR) is 166 cm³/mol. The fourth-order valence-electron chi connectivity index (χ4n) is 5.46. The van der Waals surface area contributed by atoms with Gasteiger partial charge in [-0.2, -0.15) is 0 Å². The molecule has 3 N–H and O–H groups in total. The Labute approximate surface area is 252 Å². The molecule has 0 saturated carbocycles. The van der Waals surface area contributed by atoms with E-state index >= 15 is 0 Å². The second-order valence-corrected chi connectivity index (χ2v) is 13.0. The van der Waals surface area contributed by atoms with E-state index in [4.69, 9.17) is 21.8 Å². The first kappa shape index (κ1) is 38.4. The molecule has 0 aromatic heterocycles. The monoisotopic (exact) mass is 602 g/mol. The highest BCUT2D eigenvalue weighted by molar-refractivity contribution is 7.47. The molecule has 9 nitrogen and oxygen atoms in total. The number of rotatable bonds is 27. The van der Waals surface area contributed by atoms with Gasteiger partial charge in [-0.15, -0.1) is 0 Å². The molecule has 0 aromatic rings. The van der Waals surface area contributed by atoms with Crippen molar-refractivity contribution in [2.75, 3.05) is 33.9 Å². The normalized spacial score (nSPS) is 22.0. The van der Waals surface area contributed by atoms with Crippen molar-refractivity contribution in [1.82, 2.24) is 10.6 Å². The minimum absolute atomic E-state index is 0.0759. The lowest BCUT2D eigenvalue weighted by molar-refractivity contribution is -0.0194. The van der Waals surface area contributed by atoms with Crippen molar-refractivity contribution in [2.24, 2.45) is 5.92 Å². The van der Waals surface area contributed by atoms with Crippen molar-refractivity contribution < 1.29 is 32.8 Å². The molecule has 2 amide bonds. The van der Waals surface area contributed by atoms with Crippen LogP contribution in [0, 0.1) is 5.92 Å². The third-order valence-corrected chi connectivity index (χ3v) is 8.90. The second-order valence-electron chi connectivity index (χ2n) is 11.5. The van der Waals surface area contributed by atoms with Crippen LogP contribution < -0.4 is 10.6 Å². The van der Waals surface area contributed by atoms with Crippen LogP contribution in [-0.4, -0.2) is 70.9 Å². The smallest absolute Gasteiger partial charge is 0.382 e. The van der Waals surface area contributed by atoms with E-state index in [1.54, 1.807) is 0 Å². The van der Waals surface area contributed by atoms with Gasteiger partial charge < -0.3 is 25.0 Å². The Balaban J connectivity index is 1.98. The van der Waals surface area contributed by atoms with Crippen LogP contribution in [0.4, 0.5) is 4.79 Å². The number of methoxy groups -OCH3 is 1. The van der Waals surface area contributed by atoms with Gasteiger partial charge in [0.25, 0.3) is 0 Å². The molecule has 41 heavy (non-hydrogen) atoms. The van der Waals surface area contributed by atoms with Gasteiger partial charge >= 0.3 is 13.9 Å². The first-order valence-corrected chi connectivity index (χ1v) is 17.8. The number of ether oxygens (including phenoxy) is 2. The standard InChI is InChI=1S/C30H60BN2O7P/c1-4-5-6-7-8-9-10-11-12-13-14-17-20-23-32-30(34)33-24-21-18-15-16-19-22-26-28(40-41(35,36)38-3)27(25-37-2)39-29(26)31/h26-29H,4-25H2,1-3H3,(H,35,36)(H2,32,33,34)/t26-,27+,28?,29+/m0/s1. The summed E-state index contributed by atoms with van der Waals surface area (Å²) in [5, 5.41) is 5.91. The van der Waals surface area contributed by atoms with Crippen LogP contribution in [0.2, 0.25) is 0 Å². The molecule has 0 spiro atoms. The predicted octanol–water partition coefficient (Wildman–Crippen LogP) is 7.01. The highest BCUT2D eigenvalue weighted by Crippen LogP contribution is 2.48. The molecule has 5 atom stereocenters. The van der Waals surface area contributed by atoms with E-state index in [-0.39, 0.29) is 18.6 Å². The van der Waals surface area contributed by atoms with Crippen molar-refractivity contribution >= 4 is 21.7 Å². The van der Waals surface area contributed by atoms with Gasteiger partial charge in [-0.1, -0.05) is 110 Å². The number of phosphoric acid groups is 1. The van der Waals surface area contributed by atoms with Crippen molar-refractivity contribution in [3.63, 3.8) is 0 Å². The summed E-state index contributed by atoms with van der Waals surface area (Å²) in [6.45, 7) is 3.90. The molecule has 1 rings (SSSR count). The average molecular weight is 603 g/mol. The Morgan fingerprint density at radius 1 is 0.805 bits per heavy atom. The zero-order valence-corrected chi connectivity index (χ0v) is 27.2. The highest BCUT2D eigenvalue weighted by Gasteiger charge is 2.45. The second kappa shape index (κ2) is 24.8. The maximum absolute atomic E-state index is 12.0. The number of hydrogen-bond acceptors (Lipinski definition) is 6. The van der Waals surface area contributed by atoms with E-state index in [1.165, 1.54) is 84.2 Å². The summed E-state index contributed by atoms with van der Waals surface area (Å²) in [5.74, 6) is -0.217. The first-order valence-electron chi connectivity index (χ1n) is 16.3. The van der Waals surface area contributed by atoms with Gasteiger partial charge in [0.05, 0.1) is 6.61 Å². The SMILES string of the molecule is [B][C@@H]1O[C@H](COC)C(OP(=O)(O)OC)[C@@H]1CCCCCCCNC(=O)NCCCCCCCCCCCCCCC. The average Bonchev–Trinajstić information content (AvgIpc) is 3.23. The van der Waals surface area contributed by atoms with Crippen LogP contribution in [0.1, 0.15) is 129 Å². The summed E-state index contributed by atoms with van der Waals surface area (Å²) in [5.41, 5.74) is 0. The highest BCUT2D eigenvalue weighted by atomic mass is 31.2. The summed E-state index contributed by atoms with van der Waals surface area (Å²) < 4.78 is 32.8. The topological polar surface area (TPSA) is 115 Å². The lowest BCUT2D eigenvalue weighted by Gasteiger charge is -2.25. The van der Waals surface area contributed by atoms with E-state index in [0.29, 0.717) is 6.54 Å². The van der Waals surface area contributed by atoms with E-state index in [0.717, 1.165) is 58.6 Å². The first-order chi connectivity index (χ1) is 19.8. The van der Waals surface area contributed by atoms with Gasteiger partial charge in [-0.25, -0.2) is 9.36 Å². The van der Waals surface area contributed by atoms with E-state index in [1.807, 2.05) is 0 Å². The third kappa shape index (κ3) is 19.3. The van der Waals surface area contributed by atoms with Gasteiger partial charge in [0.2, 0.25) is 0 Å². The fourth-order valence-corrected chi connectivity index (χ4v) is 6.14. The molecular weight excluding hydrogens is 542 g/mol. The maximum Gasteiger partial charge on any atom is 0.472 e. The molecule has 0 aromatic carbocycles. The van der Waals surface area contributed by atoms with Crippen LogP contribution >= 0.6 is 7.82 Å². The Bertz CT molecular complexity index is 691. The number of unbranched alkanes of at least 4 members (excludes halogenated alkanes) is 16. The van der Waals surface area contributed by atoms with Crippen LogP contribution in [-0.2, 0) is 23.1 Å². The van der Waals surface area contributed by atoms with Crippen LogP contribution in [0.3, 0.4) is 0 Å². The number of carbonyl (C=O) groups excluding carboxylic acids is 1. The third-order valence-electron chi connectivity index (χ3n) is 7.92. The molecule has 240 valence electrons. The zero-order chi connectivity index (χ0) is 30.2. The summed E-state index contributed by atoms with van der Waals surface area (Å²) in [6, 6.07) is -0.660. The Morgan fingerprint density at radius 2 is 1.27 bits per heavy atom. The maximum atomic E-state index is 12.0. The summed E-state index contributed by atoms with van der Waals surface area (Å²) in [6.07, 6.45) is 21.6. The molecule has 1 aliphatic heterocycles. The largest absolute Gasteiger partial charge is 0.472 e. The van der Waals surface area contributed by atoms with Crippen molar-refractivity contribution in [3.8, 4) is 0 Å². The Kier molecular flexibility index (Phi) is 23.2. The molecule has 1 heterocycles. The van der Waals surface area contributed by atoms with Crippen molar-refractivity contribution in [1.29, 1.82) is 0 Å². The Morgan fingerprint density at radius 3 is 1.73 bits per heavy atom. The van der Waals surface area contributed by atoms with Gasteiger partial charge in [0, 0.05) is 39.2 Å². The lowest BCUT2D eigenvalue weighted by Crippen LogP contribution is -2.36. The minimum atomic E-state index is -4.17.